The molecule has 0 aliphatic carbocycles. The van der Waals surface area contributed by atoms with Gasteiger partial charge in [-0.15, -0.1) is 0 Å². The standard InChI is InChI=1S/C17H17BrN2O/c1-11-5-6-19-9-14(11)10-20-12(2)17-8-13-7-15(18)3-4-16(13)21-17/h3-9,12,20H,10H2,1-2H3. The largest absolute Gasteiger partial charge is 0.459 e. The van der Waals surface area contributed by atoms with E-state index in [-0.39, 0.29) is 6.04 Å². The first-order valence-corrected chi connectivity index (χ1v) is 7.74. The minimum absolute atomic E-state index is 0.149. The van der Waals surface area contributed by atoms with Crippen molar-refractivity contribution in [1.29, 1.82) is 0 Å². The third-order valence-electron chi connectivity index (χ3n) is 3.67. The molecule has 0 amide bonds. The minimum Gasteiger partial charge on any atom is -0.459 e. The molecule has 0 aliphatic rings. The van der Waals surface area contributed by atoms with Gasteiger partial charge in [-0.2, -0.15) is 0 Å². The zero-order valence-electron chi connectivity index (χ0n) is 12.1. The first-order chi connectivity index (χ1) is 10.1. The summed E-state index contributed by atoms with van der Waals surface area (Å²) in [6.07, 6.45) is 3.73. The highest BCUT2D eigenvalue weighted by Gasteiger charge is 2.11. The van der Waals surface area contributed by atoms with E-state index in [1.807, 2.05) is 30.6 Å². The van der Waals surface area contributed by atoms with Gasteiger partial charge in [-0.25, -0.2) is 0 Å². The Hall–Kier alpha value is -1.65. The lowest BCUT2D eigenvalue weighted by molar-refractivity contribution is 0.450. The fourth-order valence-electron chi connectivity index (χ4n) is 2.29. The smallest absolute Gasteiger partial charge is 0.134 e. The molecule has 3 aromatic rings. The number of hydrogen-bond donors (Lipinski definition) is 1. The third kappa shape index (κ3) is 3.17. The number of nitrogens with zero attached hydrogens (tertiary/aromatic N) is 1. The topological polar surface area (TPSA) is 38.1 Å². The first kappa shape index (κ1) is 14.3. The molecule has 2 heterocycles. The SMILES string of the molecule is Cc1ccncc1CNC(C)c1cc2cc(Br)ccc2o1. The van der Waals surface area contributed by atoms with Gasteiger partial charge in [-0.1, -0.05) is 15.9 Å². The molecule has 0 fully saturated rings. The highest BCUT2D eigenvalue weighted by atomic mass is 79.9. The molecule has 3 rings (SSSR count). The van der Waals surface area contributed by atoms with E-state index < -0.39 is 0 Å². The second kappa shape index (κ2) is 6.00. The average molecular weight is 345 g/mol. The van der Waals surface area contributed by atoms with Gasteiger partial charge in [0.15, 0.2) is 0 Å². The number of furan rings is 1. The molecule has 0 bridgehead atoms. The second-order valence-electron chi connectivity index (χ2n) is 5.24. The van der Waals surface area contributed by atoms with Gasteiger partial charge in [0.2, 0.25) is 0 Å². The Balaban J connectivity index is 1.75. The molecule has 1 N–H and O–H groups in total. The van der Waals surface area contributed by atoms with Crippen molar-refractivity contribution in [2.24, 2.45) is 0 Å². The van der Waals surface area contributed by atoms with Crippen molar-refractivity contribution in [1.82, 2.24) is 10.3 Å². The van der Waals surface area contributed by atoms with Gasteiger partial charge < -0.3 is 9.73 Å². The van der Waals surface area contributed by atoms with Crippen LogP contribution in [0.3, 0.4) is 0 Å². The normalized spacial score (nSPS) is 12.7. The molecule has 0 saturated carbocycles. The highest BCUT2D eigenvalue weighted by molar-refractivity contribution is 9.10. The summed E-state index contributed by atoms with van der Waals surface area (Å²) in [5.74, 6) is 0.949. The number of fused-ring (bicyclic) bond motifs is 1. The molecule has 0 saturated heterocycles. The van der Waals surface area contributed by atoms with Gasteiger partial charge >= 0.3 is 0 Å². The molecule has 0 spiro atoms. The fourth-order valence-corrected chi connectivity index (χ4v) is 2.67. The van der Waals surface area contributed by atoms with Crippen LogP contribution in [0, 0.1) is 6.92 Å². The molecule has 1 atom stereocenters. The van der Waals surface area contributed by atoms with E-state index in [0.717, 1.165) is 27.7 Å². The maximum atomic E-state index is 5.90. The van der Waals surface area contributed by atoms with E-state index >= 15 is 0 Å². The lowest BCUT2D eigenvalue weighted by atomic mass is 10.1. The van der Waals surface area contributed by atoms with Crippen LogP contribution in [0.25, 0.3) is 11.0 Å². The number of aromatic nitrogens is 1. The molecule has 0 radical (unpaired) electrons. The minimum atomic E-state index is 0.149. The summed E-state index contributed by atoms with van der Waals surface area (Å²) >= 11 is 3.48. The Morgan fingerprint density at radius 2 is 2.14 bits per heavy atom. The number of halogens is 1. The molecule has 4 heteroatoms. The quantitative estimate of drug-likeness (QED) is 0.742. The molecular weight excluding hydrogens is 328 g/mol. The lowest BCUT2D eigenvalue weighted by Gasteiger charge is -2.12. The van der Waals surface area contributed by atoms with Gasteiger partial charge in [-0.3, -0.25) is 4.98 Å². The second-order valence-corrected chi connectivity index (χ2v) is 6.15. The van der Waals surface area contributed by atoms with Crippen LogP contribution in [0.15, 0.2) is 51.6 Å². The van der Waals surface area contributed by atoms with E-state index in [4.69, 9.17) is 4.42 Å². The van der Waals surface area contributed by atoms with Crippen molar-refractivity contribution in [3.05, 3.63) is 64.1 Å². The summed E-state index contributed by atoms with van der Waals surface area (Å²) in [5, 5.41) is 4.60. The number of benzene rings is 1. The van der Waals surface area contributed by atoms with Crippen LogP contribution < -0.4 is 5.32 Å². The molecule has 0 aliphatic heterocycles. The Kier molecular flexibility index (Phi) is 4.08. The zero-order chi connectivity index (χ0) is 14.8. The summed E-state index contributed by atoms with van der Waals surface area (Å²) in [6, 6.07) is 10.3. The predicted octanol–water partition coefficient (Wildman–Crippen LogP) is 4.75. The number of rotatable bonds is 4. The molecule has 3 nitrogen and oxygen atoms in total. The summed E-state index contributed by atoms with van der Waals surface area (Å²) in [4.78, 5) is 4.17. The van der Waals surface area contributed by atoms with Crippen LogP contribution in [-0.4, -0.2) is 4.98 Å². The van der Waals surface area contributed by atoms with Crippen molar-refractivity contribution in [2.45, 2.75) is 26.4 Å². The Bertz CT molecular complexity index is 766. The zero-order valence-corrected chi connectivity index (χ0v) is 13.6. The highest BCUT2D eigenvalue weighted by Crippen LogP contribution is 2.26. The van der Waals surface area contributed by atoms with Gasteiger partial charge in [0.25, 0.3) is 0 Å². The van der Waals surface area contributed by atoms with E-state index in [9.17, 15) is 0 Å². The van der Waals surface area contributed by atoms with E-state index in [1.54, 1.807) is 0 Å². The number of aryl methyl sites for hydroxylation is 1. The fraction of sp³-hybridized carbons (Fsp3) is 0.235. The van der Waals surface area contributed by atoms with Crippen LogP contribution in [0.5, 0.6) is 0 Å². The maximum absolute atomic E-state index is 5.90. The van der Waals surface area contributed by atoms with Gasteiger partial charge in [0.05, 0.1) is 6.04 Å². The molecule has 108 valence electrons. The van der Waals surface area contributed by atoms with E-state index in [1.165, 1.54) is 11.1 Å². The number of nitrogens with one attached hydrogen (secondary N) is 1. The van der Waals surface area contributed by atoms with Crippen LogP contribution in [0.2, 0.25) is 0 Å². The summed E-state index contributed by atoms with van der Waals surface area (Å²) in [6.45, 7) is 4.99. The Morgan fingerprint density at radius 1 is 1.29 bits per heavy atom. The van der Waals surface area contributed by atoms with Gasteiger partial charge in [0.1, 0.15) is 11.3 Å². The predicted molar refractivity (Wildman–Crippen MR) is 88.1 cm³/mol. The monoisotopic (exact) mass is 344 g/mol. The lowest BCUT2D eigenvalue weighted by Crippen LogP contribution is -2.18. The Morgan fingerprint density at radius 3 is 2.95 bits per heavy atom. The van der Waals surface area contributed by atoms with Crippen molar-refractivity contribution < 1.29 is 4.42 Å². The van der Waals surface area contributed by atoms with Crippen molar-refractivity contribution in [3.8, 4) is 0 Å². The maximum Gasteiger partial charge on any atom is 0.134 e. The van der Waals surface area contributed by atoms with Gasteiger partial charge in [0, 0.05) is 28.8 Å². The van der Waals surface area contributed by atoms with Crippen molar-refractivity contribution >= 4 is 26.9 Å². The van der Waals surface area contributed by atoms with Gasteiger partial charge in [-0.05, 0) is 55.3 Å². The van der Waals surface area contributed by atoms with Crippen LogP contribution in [0.4, 0.5) is 0 Å². The number of hydrogen-bond acceptors (Lipinski definition) is 3. The molecule has 1 aromatic carbocycles. The van der Waals surface area contributed by atoms with E-state index in [0.29, 0.717) is 0 Å². The molecule has 21 heavy (non-hydrogen) atoms. The van der Waals surface area contributed by atoms with Crippen molar-refractivity contribution in [2.75, 3.05) is 0 Å². The van der Waals surface area contributed by atoms with Crippen molar-refractivity contribution in [3.63, 3.8) is 0 Å². The Labute approximate surface area is 132 Å². The van der Waals surface area contributed by atoms with Crippen LogP contribution in [0.1, 0.15) is 29.9 Å². The summed E-state index contributed by atoms with van der Waals surface area (Å²) in [7, 11) is 0. The summed E-state index contributed by atoms with van der Waals surface area (Å²) < 4.78 is 6.97. The molecule has 1 unspecified atom stereocenters. The molecule has 2 aromatic heterocycles. The van der Waals surface area contributed by atoms with Crippen LogP contribution in [-0.2, 0) is 6.54 Å². The van der Waals surface area contributed by atoms with E-state index in [2.05, 4.69) is 52.2 Å². The third-order valence-corrected chi connectivity index (χ3v) is 4.16. The summed E-state index contributed by atoms with van der Waals surface area (Å²) in [5.41, 5.74) is 3.38. The van der Waals surface area contributed by atoms with Crippen LogP contribution >= 0.6 is 15.9 Å². The molecular formula is C17H17BrN2O. The average Bonchev–Trinajstić information content (AvgIpc) is 2.89. The number of pyridine rings is 1. The first-order valence-electron chi connectivity index (χ1n) is 6.95.